The van der Waals surface area contributed by atoms with Crippen molar-refractivity contribution in [1.29, 1.82) is 0 Å². The second kappa shape index (κ2) is 5.70. The SMILES string of the molecule is CCC[Si](Cl)(Cl)CCCCl. The van der Waals surface area contributed by atoms with E-state index in [1.165, 1.54) is 0 Å². The van der Waals surface area contributed by atoms with Crippen molar-refractivity contribution in [2.45, 2.75) is 31.9 Å². The fourth-order valence-electron chi connectivity index (χ4n) is 0.816. The average Bonchev–Trinajstić information content (AvgIpc) is 1.84. The molecule has 0 aliphatic carbocycles. The molecular weight excluding hydrogens is 207 g/mol. The minimum atomic E-state index is -1.86. The fourth-order valence-corrected chi connectivity index (χ4v) is 4.79. The monoisotopic (exact) mass is 218 g/mol. The van der Waals surface area contributed by atoms with E-state index in [4.69, 9.17) is 33.8 Å². The van der Waals surface area contributed by atoms with Crippen molar-refractivity contribution in [2.75, 3.05) is 5.88 Å². The summed E-state index contributed by atoms with van der Waals surface area (Å²) >= 11 is 17.6. The second-order valence-electron chi connectivity index (χ2n) is 2.40. The molecule has 0 aliphatic rings. The van der Waals surface area contributed by atoms with Crippen LogP contribution in [0.25, 0.3) is 0 Å². The standard InChI is InChI=1S/C6H13Cl3Si/c1-2-5-10(8,9)6-3-4-7/h2-6H2,1H3. The van der Waals surface area contributed by atoms with Gasteiger partial charge in [-0.25, -0.2) is 0 Å². The van der Waals surface area contributed by atoms with E-state index in [2.05, 4.69) is 6.92 Å². The molecule has 0 saturated heterocycles. The van der Waals surface area contributed by atoms with Gasteiger partial charge in [-0.05, 0) is 18.5 Å². The maximum absolute atomic E-state index is 6.06. The van der Waals surface area contributed by atoms with E-state index in [1.54, 1.807) is 0 Å². The lowest BCUT2D eigenvalue weighted by Crippen LogP contribution is -2.17. The molecule has 0 N–H and O–H groups in total. The summed E-state index contributed by atoms with van der Waals surface area (Å²) in [5.74, 6) is 0.678. The van der Waals surface area contributed by atoms with Crippen molar-refractivity contribution in [3.05, 3.63) is 0 Å². The maximum atomic E-state index is 6.06. The van der Waals surface area contributed by atoms with Gasteiger partial charge in [0.05, 0.1) is 0 Å². The number of hydrogen-bond acceptors (Lipinski definition) is 0. The van der Waals surface area contributed by atoms with Crippen LogP contribution in [-0.2, 0) is 0 Å². The van der Waals surface area contributed by atoms with Gasteiger partial charge in [0.25, 0.3) is 6.69 Å². The minimum Gasteiger partial charge on any atom is -0.146 e. The smallest absolute Gasteiger partial charge is 0.146 e. The molecule has 0 atom stereocenters. The highest BCUT2D eigenvalue weighted by molar-refractivity contribution is 7.45. The molecule has 0 unspecified atom stereocenters. The van der Waals surface area contributed by atoms with Crippen LogP contribution >= 0.6 is 33.8 Å². The molecule has 0 spiro atoms. The predicted octanol–water partition coefficient (Wildman–Crippen LogP) is 3.95. The molecule has 0 nitrogen and oxygen atoms in total. The van der Waals surface area contributed by atoms with Gasteiger partial charge in [0.2, 0.25) is 0 Å². The van der Waals surface area contributed by atoms with Crippen LogP contribution in [-0.4, -0.2) is 12.6 Å². The van der Waals surface area contributed by atoms with Gasteiger partial charge in [0.1, 0.15) is 0 Å². The minimum absolute atomic E-state index is 0.678. The fraction of sp³-hybridized carbons (Fsp3) is 1.00. The molecule has 0 aromatic carbocycles. The summed E-state index contributed by atoms with van der Waals surface area (Å²) in [6, 6.07) is 1.93. The summed E-state index contributed by atoms with van der Waals surface area (Å²) in [5, 5.41) is 0. The number of hydrogen-bond donors (Lipinski definition) is 0. The van der Waals surface area contributed by atoms with Gasteiger partial charge in [-0.1, -0.05) is 13.3 Å². The van der Waals surface area contributed by atoms with Crippen LogP contribution in [0.4, 0.5) is 0 Å². The van der Waals surface area contributed by atoms with E-state index in [0.717, 1.165) is 24.9 Å². The van der Waals surface area contributed by atoms with Crippen LogP contribution in [0.15, 0.2) is 0 Å². The molecule has 0 radical (unpaired) electrons. The zero-order chi connectivity index (χ0) is 8.04. The zero-order valence-corrected chi connectivity index (χ0v) is 9.44. The number of rotatable bonds is 5. The van der Waals surface area contributed by atoms with E-state index in [9.17, 15) is 0 Å². The van der Waals surface area contributed by atoms with E-state index >= 15 is 0 Å². The van der Waals surface area contributed by atoms with Gasteiger partial charge in [0, 0.05) is 5.88 Å². The summed E-state index contributed by atoms with van der Waals surface area (Å²) in [6.45, 7) is 0.240. The number of halogens is 3. The predicted molar refractivity (Wildman–Crippen MR) is 52.7 cm³/mol. The van der Waals surface area contributed by atoms with Gasteiger partial charge in [-0.2, -0.15) is 0 Å². The quantitative estimate of drug-likeness (QED) is 0.373. The molecule has 0 aromatic heterocycles. The van der Waals surface area contributed by atoms with E-state index in [0.29, 0.717) is 5.88 Å². The van der Waals surface area contributed by atoms with Crippen molar-refractivity contribution >= 4 is 40.5 Å². The molecule has 4 heteroatoms. The zero-order valence-electron chi connectivity index (χ0n) is 6.17. The van der Waals surface area contributed by atoms with Crippen LogP contribution in [0.1, 0.15) is 19.8 Å². The highest BCUT2D eigenvalue weighted by Crippen LogP contribution is 2.28. The summed E-state index contributed by atoms with van der Waals surface area (Å²) < 4.78 is 0. The lowest BCUT2D eigenvalue weighted by Gasteiger charge is -2.13. The molecule has 0 rings (SSSR count). The molecule has 62 valence electrons. The van der Waals surface area contributed by atoms with Crippen molar-refractivity contribution in [3.63, 3.8) is 0 Å². The summed E-state index contributed by atoms with van der Waals surface area (Å²) in [4.78, 5) is 0. The second-order valence-corrected chi connectivity index (χ2v) is 10.4. The Bertz CT molecular complexity index is 85.1. The molecule has 0 saturated carbocycles. The van der Waals surface area contributed by atoms with Crippen LogP contribution in [0.3, 0.4) is 0 Å². The highest BCUT2D eigenvalue weighted by Gasteiger charge is 2.25. The van der Waals surface area contributed by atoms with Crippen molar-refractivity contribution in [3.8, 4) is 0 Å². The molecule has 0 fully saturated rings. The third-order valence-corrected chi connectivity index (χ3v) is 6.14. The summed E-state index contributed by atoms with van der Waals surface area (Å²) in [7, 11) is 0. The van der Waals surface area contributed by atoms with E-state index in [1.807, 2.05) is 0 Å². The van der Waals surface area contributed by atoms with Crippen molar-refractivity contribution in [2.24, 2.45) is 0 Å². The Morgan fingerprint density at radius 1 is 1.20 bits per heavy atom. The Balaban J connectivity index is 3.42. The molecule has 0 heterocycles. The Morgan fingerprint density at radius 2 is 1.80 bits per heavy atom. The van der Waals surface area contributed by atoms with Crippen LogP contribution < -0.4 is 0 Å². The largest absolute Gasteiger partial charge is 0.251 e. The summed E-state index contributed by atoms with van der Waals surface area (Å²) in [5.41, 5.74) is 0. The molecule has 0 aliphatic heterocycles. The van der Waals surface area contributed by atoms with Gasteiger partial charge in [-0.3, -0.25) is 0 Å². The molecule has 0 aromatic rings. The Morgan fingerprint density at radius 3 is 2.20 bits per heavy atom. The highest BCUT2D eigenvalue weighted by atomic mass is 35.7. The van der Waals surface area contributed by atoms with Gasteiger partial charge < -0.3 is 0 Å². The first kappa shape index (κ1) is 11.1. The van der Waals surface area contributed by atoms with Gasteiger partial charge in [-0.15, -0.1) is 33.8 Å². The Hall–Kier alpha value is 1.09. The first-order valence-electron chi connectivity index (χ1n) is 3.56. The van der Waals surface area contributed by atoms with Crippen LogP contribution in [0.5, 0.6) is 0 Å². The van der Waals surface area contributed by atoms with Crippen LogP contribution in [0, 0.1) is 0 Å². The third kappa shape index (κ3) is 5.84. The van der Waals surface area contributed by atoms with E-state index < -0.39 is 6.69 Å². The normalized spacial score (nSPS) is 12.0. The molecule has 0 amide bonds. The molecular formula is C6H13Cl3Si. The van der Waals surface area contributed by atoms with Crippen molar-refractivity contribution < 1.29 is 0 Å². The lowest BCUT2D eigenvalue weighted by atomic mass is 10.6. The lowest BCUT2D eigenvalue weighted by molar-refractivity contribution is 1.02. The topological polar surface area (TPSA) is 0 Å². The first-order valence-corrected chi connectivity index (χ1v) is 8.53. The third-order valence-electron chi connectivity index (χ3n) is 1.29. The van der Waals surface area contributed by atoms with Gasteiger partial charge >= 0.3 is 0 Å². The van der Waals surface area contributed by atoms with Gasteiger partial charge in [0.15, 0.2) is 0 Å². The van der Waals surface area contributed by atoms with Crippen LogP contribution in [0.2, 0.25) is 12.1 Å². The molecule has 0 bridgehead atoms. The summed E-state index contributed by atoms with van der Waals surface area (Å²) in [6.07, 6.45) is 2.04. The Labute approximate surface area is 78.3 Å². The van der Waals surface area contributed by atoms with E-state index in [-0.39, 0.29) is 0 Å². The molecule has 10 heavy (non-hydrogen) atoms. The maximum Gasteiger partial charge on any atom is 0.251 e. The van der Waals surface area contributed by atoms with Crippen molar-refractivity contribution in [1.82, 2.24) is 0 Å². The first-order chi connectivity index (χ1) is 4.62. The Kier molecular flexibility index (Phi) is 6.32. The number of alkyl halides is 1. The average molecular weight is 220 g/mol.